The summed E-state index contributed by atoms with van der Waals surface area (Å²) in [4.78, 5) is 30.2. The Balaban J connectivity index is 1.64. The van der Waals surface area contributed by atoms with Crippen molar-refractivity contribution in [2.75, 3.05) is 24.9 Å². The lowest BCUT2D eigenvalue weighted by molar-refractivity contribution is -0.115. The molecule has 1 heterocycles. The molecule has 2 amide bonds. The summed E-state index contributed by atoms with van der Waals surface area (Å²) in [6.45, 7) is 3.71. The lowest BCUT2D eigenvalue weighted by atomic mass is 10.2. The van der Waals surface area contributed by atoms with Gasteiger partial charge < -0.3 is 20.1 Å². The first-order valence-electron chi connectivity index (χ1n) is 9.42. The molecule has 3 aromatic rings. The highest BCUT2D eigenvalue weighted by molar-refractivity contribution is 8.00. The third-order valence-electron chi connectivity index (χ3n) is 4.27. The third-order valence-corrected chi connectivity index (χ3v) is 6.24. The monoisotopic (exact) mass is 457 g/mol. The predicted molar refractivity (Wildman–Crippen MR) is 125 cm³/mol. The number of carbonyl (C=O) groups is 2. The lowest BCUT2D eigenvalue weighted by Gasteiger charge is -2.12. The number of aromatic nitrogens is 1. The third kappa shape index (κ3) is 5.99. The molecule has 0 aliphatic carbocycles. The van der Waals surface area contributed by atoms with Gasteiger partial charge in [0.05, 0.1) is 25.2 Å². The topological polar surface area (TPSA) is 89.5 Å². The summed E-state index contributed by atoms with van der Waals surface area (Å²) in [5.41, 5.74) is 1.95. The SMILES string of the molecule is COc1ccc(C(=O)Nc2cccc(SC(C)C(=O)Nc3nc(C)cs3)c2)cc1OC. The Kier molecular flexibility index (Phi) is 7.54. The van der Waals surface area contributed by atoms with Crippen LogP contribution < -0.4 is 20.1 Å². The number of benzene rings is 2. The molecular formula is C22H23N3O4S2. The maximum absolute atomic E-state index is 12.6. The molecule has 9 heteroatoms. The van der Waals surface area contributed by atoms with Crippen LogP contribution in [0.1, 0.15) is 23.0 Å². The van der Waals surface area contributed by atoms with E-state index in [0.29, 0.717) is 27.9 Å². The molecule has 0 aliphatic heterocycles. The van der Waals surface area contributed by atoms with Gasteiger partial charge in [-0.2, -0.15) is 0 Å². The first-order valence-corrected chi connectivity index (χ1v) is 11.2. The molecule has 0 fully saturated rings. The van der Waals surface area contributed by atoms with E-state index in [2.05, 4.69) is 15.6 Å². The number of thiazole rings is 1. The highest BCUT2D eigenvalue weighted by atomic mass is 32.2. The summed E-state index contributed by atoms with van der Waals surface area (Å²) in [5.74, 6) is 0.638. The fourth-order valence-electron chi connectivity index (χ4n) is 2.70. The molecule has 0 spiro atoms. The predicted octanol–water partition coefficient (Wildman–Crippen LogP) is 4.84. The van der Waals surface area contributed by atoms with Gasteiger partial charge in [-0.25, -0.2) is 4.98 Å². The normalized spacial score (nSPS) is 11.5. The number of hydrogen-bond acceptors (Lipinski definition) is 7. The molecule has 1 aromatic heterocycles. The van der Waals surface area contributed by atoms with Crippen LogP contribution in [0.5, 0.6) is 11.5 Å². The van der Waals surface area contributed by atoms with Crippen molar-refractivity contribution >= 4 is 45.7 Å². The maximum Gasteiger partial charge on any atom is 0.255 e. The van der Waals surface area contributed by atoms with Crippen LogP contribution >= 0.6 is 23.1 Å². The van der Waals surface area contributed by atoms with Crippen LogP contribution in [0.4, 0.5) is 10.8 Å². The molecule has 1 atom stereocenters. The smallest absolute Gasteiger partial charge is 0.255 e. The van der Waals surface area contributed by atoms with Gasteiger partial charge in [0.2, 0.25) is 5.91 Å². The van der Waals surface area contributed by atoms with Crippen LogP contribution in [0, 0.1) is 6.92 Å². The van der Waals surface area contributed by atoms with Crippen molar-refractivity contribution in [2.24, 2.45) is 0 Å². The summed E-state index contributed by atoms with van der Waals surface area (Å²) in [5, 5.41) is 7.85. The van der Waals surface area contributed by atoms with Crippen molar-refractivity contribution in [2.45, 2.75) is 24.0 Å². The fourth-order valence-corrected chi connectivity index (χ4v) is 4.32. The summed E-state index contributed by atoms with van der Waals surface area (Å²) in [6.07, 6.45) is 0. The van der Waals surface area contributed by atoms with Crippen LogP contribution in [0.15, 0.2) is 52.7 Å². The van der Waals surface area contributed by atoms with Gasteiger partial charge in [0, 0.05) is 21.5 Å². The van der Waals surface area contributed by atoms with Gasteiger partial charge >= 0.3 is 0 Å². The van der Waals surface area contributed by atoms with Gasteiger partial charge in [0.1, 0.15) is 0 Å². The van der Waals surface area contributed by atoms with E-state index in [9.17, 15) is 9.59 Å². The summed E-state index contributed by atoms with van der Waals surface area (Å²) < 4.78 is 10.5. The Hall–Kier alpha value is -3.04. The molecule has 0 radical (unpaired) electrons. The van der Waals surface area contributed by atoms with Gasteiger partial charge in [-0.05, 0) is 50.2 Å². The Morgan fingerprint density at radius 3 is 2.52 bits per heavy atom. The zero-order valence-electron chi connectivity index (χ0n) is 17.6. The van der Waals surface area contributed by atoms with E-state index in [-0.39, 0.29) is 17.1 Å². The Morgan fingerprint density at radius 1 is 1.06 bits per heavy atom. The van der Waals surface area contributed by atoms with Gasteiger partial charge in [0.15, 0.2) is 16.6 Å². The first-order chi connectivity index (χ1) is 14.9. The number of methoxy groups -OCH3 is 2. The zero-order chi connectivity index (χ0) is 22.4. The molecule has 0 saturated carbocycles. The number of aryl methyl sites for hydroxylation is 1. The number of amides is 2. The van der Waals surface area contributed by atoms with Gasteiger partial charge in [-0.1, -0.05) is 6.07 Å². The summed E-state index contributed by atoms with van der Waals surface area (Å²) in [6, 6.07) is 12.3. The largest absolute Gasteiger partial charge is 0.493 e. The molecular weight excluding hydrogens is 434 g/mol. The van der Waals surface area contributed by atoms with Crippen molar-refractivity contribution in [3.8, 4) is 11.5 Å². The standard InChI is InChI=1S/C22H23N3O4S2/c1-13-12-30-22(23-13)25-20(26)14(2)31-17-7-5-6-16(11-17)24-21(27)15-8-9-18(28-3)19(10-15)29-4/h5-12,14H,1-4H3,(H,24,27)(H,23,25,26). The van der Waals surface area contributed by atoms with E-state index in [1.807, 2.05) is 37.4 Å². The van der Waals surface area contributed by atoms with Crippen molar-refractivity contribution < 1.29 is 19.1 Å². The number of rotatable bonds is 8. The van der Waals surface area contributed by atoms with Crippen molar-refractivity contribution in [1.29, 1.82) is 0 Å². The van der Waals surface area contributed by atoms with Crippen molar-refractivity contribution in [3.63, 3.8) is 0 Å². The lowest BCUT2D eigenvalue weighted by Crippen LogP contribution is -2.22. The van der Waals surface area contributed by atoms with Crippen LogP contribution in [0.25, 0.3) is 0 Å². The summed E-state index contributed by atoms with van der Waals surface area (Å²) in [7, 11) is 3.06. The molecule has 0 bridgehead atoms. The van der Waals surface area contributed by atoms with E-state index in [1.165, 1.54) is 30.2 Å². The molecule has 2 aromatic carbocycles. The minimum absolute atomic E-state index is 0.126. The van der Waals surface area contributed by atoms with E-state index >= 15 is 0 Å². The van der Waals surface area contributed by atoms with E-state index in [4.69, 9.17) is 9.47 Å². The number of thioether (sulfide) groups is 1. The van der Waals surface area contributed by atoms with E-state index in [1.54, 1.807) is 31.4 Å². The Labute approximate surface area is 189 Å². The van der Waals surface area contributed by atoms with Crippen molar-refractivity contribution in [3.05, 3.63) is 59.1 Å². The number of carbonyl (C=O) groups excluding carboxylic acids is 2. The molecule has 31 heavy (non-hydrogen) atoms. The van der Waals surface area contributed by atoms with Crippen LogP contribution in [0.2, 0.25) is 0 Å². The molecule has 2 N–H and O–H groups in total. The highest BCUT2D eigenvalue weighted by Gasteiger charge is 2.17. The number of anilines is 2. The van der Waals surface area contributed by atoms with Crippen LogP contribution in [0.3, 0.4) is 0 Å². The second-order valence-corrected chi connectivity index (χ2v) is 8.87. The van der Waals surface area contributed by atoms with Gasteiger partial charge in [-0.3, -0.25) is 9.59 Å². The average Bonchev–Trinajstić information content (AvgIpc) is 3.17. The minimum Gasteiger partial charge on any atom is -0.493 e. The molecule has 1 unspecified atom stereocenters. The van der Waals surface area contributed by atoms with Crippen molar-refractivity contribution in [1.82, 2.24) is 4.98 Å². The second-order valence-electron chi connectivity index (χ2n) is 6.60. The van der Waals surface area contributed by atoms with Gasteiger partial charge in [0.25, 0.3) is 5.91 Å². The zero-order valence-corrected chi connectivity index (χ0v) is 19.2. The molecule has 0 aliphatic rings. The number of nitrogens with one attached hydrogen (secondary N) is 2. The molecule has 3 rings (SSSR count). The summed E-state index contributed by atoms with van der Waals surface area (Å²) >= 11 is 2.80. The van der Waals surface area contributed by atoms with Crippen LogP contribution in [-0.4, -0.2) is 36.3 Å². The molecule has 162 valence electrons. The Morgan fingerprint density at radius 2 is 1.84 bits per heavy atom. The fraction of sp³-hybridized carbons (Fsp3) is 0.227. The molecule has 0 saturated heterocycles. The molecule has 7 nitrogen and oxygen atoms in total. The first kappa shape index (κ1) is 22.6. The average molecular weight is 458 g/mol. The number of nitrogens with zero attached hydrogens (tertiary/aromatic N) is 1. The number of hydrogen-bond donors (Lipinski definition) is 2. The van der Waals surface area contributed by atoms with E-state index in [0.717, 1.165) is 10.6 Å². The quantitative estimate of drug-likeness (QED) is 0.471. The highest BCUT2D eigenvalue weighted by Crippen LogP contribution is 2.29. The van der Waals surface area contributed by atoms with Gasteiger partial charge in [-0.15, -0.1) is 23.1 Å². The second kappa shape index (κ2) is 10.3. The number of ether oxygens (including phenoxy) is 2. The van der Waals surface area contributed by atoms with Crippen LogP contribution in [-0.2, 0) is 4.79 Å². The van der Waals surface area contributed by atoms with E-state index < -0.39 is 0 Å². The Bertz CT molecular complexity index is 1080. The maximum atomic E-state index is 12.6. The minimum atomic E-state index is -0.332.